The van der Waals surface area contributed by atoms with Gasteiger partial charge in [-0.2, -0.15) is 8.42 Å². The Hall–Kier alpha value is -0.564. The number of esters is 3. The molecule has 0 aliphatic rings. The Labute approximate surface area is 220 Å². The summed E-state index contributed by atoms with van der Waals surface area (Å²) >= 11 is 0. The second kappa shape index (κ2) is 15.3. The van der Waals surface area contributed by atoms with Crippen molar-refractivity contribution >= 4 is 79.4 Å². The Balaban J connectivity index is 0. The molecule has 0 heterocycles. The summed E-state index contributed by atoms with van der Waals surface area (Å²) in [6.45, 7) is 10.7. The minimum atomic E-state index is -4.18. The van der Waals surface area contributed by atoms with Gasteiger partial charge in [0.05, 0.1) is 12.4 Å². The maximum absolute atomic E-state index is 12.8. The van der Waals surface area contributed by atoms with Crippen molar-refractivity contribution in [2.75, 3.05) is 25.6 Å². The topological polar surface area (TPSA) is 133 Å². The van der Waals surface area contributed by atoms with Crippen LogP contribution in [0.25, 0.3) is 0 Å². The number of ether oxygens (including phenoxy) is 3. The third kappa shape index (κ3) is 13.0. The van der Waals surface area contributed by atoms with E-state index in [1.807, 2.05) is 6.92 Å². The van der Waals surface area contributed by atoms with E-state index in [1.54, 1.807) is 0 Å². The van der Waals surface area contributed by atoms with Crippen LogP contribution < -0.4 is 0 Å². The average molecular weight is 475 g/mol. The monoisotopic (exact) mass is 474 g/mol. The average Bonchev–Trinajstić information content (AvgIpc) is 2.63. The van der Waals surface area contributed by atoms with Gasteiger partial charge in [0.2, 0.25) is 0 Å². The summed E-state index contributed by atoms with van der Waals surface area (Å²) in [6, 6.07) is 0. The quantitative estimate of drug-likeness (QED) is 0.0994. The van der Waals surface area contributed by atoms with Crippen LogP contribution in [0.3, 0.4) is 0 Å². The van der Waals surface area contributed by atoms with Crippen LogP contribution in [-0.2, 0) is 38.7 Å². The maximum atomic E-state index is 12.8. The molecule has 0 aromatic carbocycles. The summed E-state index contributed by atoms with van der Waals surface area (Å²) in [5, 5.41) is 0. The van der Waals surface area contributed by atoms with Crippen molar-refractivity contribution in [2.24, 2.45) is 5.41 Å². The molecule has 0 bridgehead atoms. The molecular weight excluding hydrogens is 443 g/mol. The van der Waals surface area contributed by atoms with E-state index in [4.69, 9.17) is 18.8 Å². The first-order valence-electron chi connectivity index (χ1n) is 9.12. The predicted molar refractivity (Wildman–Crippen MR) is 113 cm³/mol. The van der Waals surface area contributed by atoms with Crippen molar-refractivity contribution in [1.82, 2.24) is 0 Å². The van der Waals surface area contributed by atoms with Gasteiger partial charge in [-0.15, -0.1) is 0 Å². The fourth-order valence-corrected chi connectivity index (χ4v) is 2.62. The van der Waals surface area contributed by atoms with Gasteiger partial charge in [-0.1, -0.05) is 32.9 Å². The third-order valence-corrected chi connectivity index (χ3v) is 4.68. The molecule has 0 aliphatic carbocycles. The van der Waals surface area contributed by atoms with Crippen LogP contribution in [0.15, 0.2) is 24.3 Å². The summed E-state index contributed by atoms with van der Waals surface area (Å²) in [6.07, 6.45) is 1.34. The molecule has 0 saturated heterocycles. The van der Waals surface area contributed by atoms with Crippen molar-refractivity contribution in [3.8, 4) is 0 Å². The zero-order valence-corrected chi connectivity index (χ0v) is 18.0. The third-order valence-electron chi connectivity index (χ3n) is 3.88. The molecular formula is C19H31KO9S. The molecule has 0 unspecified atom stereocenters. The van der Waals surface area contributed by atoms with E-state index in [1.165, 1.54) is 13.8 Å². The predicted octanol–water partition coefficient (Wildman–Crippen LogP) is 1.57. The van der Waals surface area contributed by atoms with Crippen LogP contribution in [0.5, 0.6) is 0 Å². The number of carbonyl (C=O) groups excluding carboxylic acids is 3. The first-order valence-corrected chi connectivity index (χ1v) is 10.7. The molecule has 11 heteroatoms. The molecule has 30 heavy (non-hydrogen) atoms. The van der Waals surface area contributed by atoms with Crippen LogP contribution in [0, 0.1) is 5.41 Å². The van der Waals surface area contributed by atoms with Gasteiger partial charge in [0.1, 0.15) is 18.6 Å². The van der Waals surface area contributed by atoms with Gasteiger partial charge in [0.25, 0.3) is 10.1 Å². The standard InChI is InChI=1S/C19H30O9S.K.H/c1-6-7-9-19(12-27-16(20)14(2)3,13-28-17(21)15(4)5)18(22)26-10-8-11-29(23,24)25;;/h2,4,6-13H2,1,3,5H3,(H,23,24,25);;. The number of carbonyl (C=O) groups is 3. The van der Waals surface area contributed by atoms with Gasteiger partial charge < -0.3 is 14.2 Å². The van der Waals surface area contributed by atoms with E-state index >= 15 is 0 Å². The van der Waals surface area contributed by atoms with Crippen LogP contribution in [0.4, 0.5) is 0 Å². The summed E-state index contributed by atoms with van der Waals surface area (Å²) in [5.74, 6) is -2.80. The normalized spacial score (nSPS) is 11.1. The Morgan fingerprint density at radius 3 is 1.77 bits per heavy atom. The Morgan fingerprint density at radius 1 is 0.933 bits per heavy atom. The first kappa shape index (κ1) is 31.6. The van der Waals surface area contributed by atoms with Gasteiger partial charge in [0.15, 0.2) is 0 Å². The van der Waals surface area contributed by atoms with E-state index < -0.39 is 52.4 Å². The van der Waals surface area contributed by atoms with E-state index in [2.05, 4.69) is 13.2 Å². The van der Waals surface area contributed by atoms with Crippen LogP contribution in [0.2, 0.25) is 0 Å². The number of unbranched alkanes of at least 4 members (excludes halogenated alkanes) is 1. The van der Waals surface area contributed by atoms with Gasteiger partial charge in [-0.25, -0.2) is 9.59 Å². The number of hydrogen-bond acceptors (Lipinski definition) is 8. The Morgan fingerprint density at radius 2 is 1.40 bits per heavy atom. The summed E-state index contributed by atoms with van der Waals surface area (Å²) in [7, 11) is -4.18. The molecule has 0 aromatic rings. The second-order valence-electron chi connectivity index (χ2n) is 6.87. The Kier molecular flexibility index (Phi) is 16.1. The molecule has 1 N–H and O–H groups in total. The summed E-state index contributed by atoms with van der Waals surface area (Å²) < 4.78 is 45.8. The fraction of sp³-hybridized carbons (Fsp3) is 0.632. The first-order chi connectivity index (χ1) is 13.3. The van der Waals surface area contributed by atoms with Gasteiger partial charge in [0, 0.05) is 11.1 Å². The van der Waals surface area contributed by atoms with Gasteiger partial charge >= 0.3 is 69.3 Å². The fourth-order valence-electron chi connectivity index (χ4n) is 2.13. The second-order valence-corrected chi connectivity index (χ2v) is 8.44. The van der Waals surface area contributed by atoms with Gasteiger partial charge in [-0.05, 0) is 26.7 Å². The summed E-state index contributed by atoms with van der Waals surface area (Å²) in [4.78, 5) is 36.4. The molecule has 0 saturated carbocycles. The number of rotatable bonds is 14. The van der Waals surface area contributed by atoms with Crippen molar-refractivity contribution in [3.05, 3.63) is 24.3 Å². The molecule has 0 aliphatic heterocycles. The molecule has 0 spiro atoms. The van der Waals surface area contributed by atoms with Crippen molar-refractivity contribution in [1.29, 1.82) is 0 Å². The van der Waals surface area contributed by atoms with Crippen molar-refractivity contribution in [2.45, 2.75) is 46.5 Å². The number of hydrogen-bond donors (Lipinski definition) is 1. The minimum absolute atomic E-state index is 0. The van der Waals surface area contributed by atoms with Crippen molar-refractivity contribution in [3.63, 3.8) is 0 Å². The van der Waals surface area contributed by atoms with Crippen LogP contribution in [-0.4, -0.2) is 108 Å². The van der Waals surface area contributed by atoms with Crippen LogP contribution >= 0.6 is 0 Å². The molecule has 0 radical (unpaired) electrons. The zero-order valence-electron chi connectivity index (χ0n) is 17.2. The van der Waals surface area contributed by atoms with E-state index in [0.29, 0.717) is 12.8 Å². The molecule has 0 atom stereocenters. The van der Waals surface area contributed by atoms with E-state index in [0.717, 1.165) is 0 Å². The SMILES string of the molecule is C=C(C)C(=O)OCC(CCCC)(COC(=O)C(=C)C)C(=O)OCCCS(=O)(=O)O.[KH]. The zero-order chi connectivity index (χ0) is 22.7. The molecule has 0 rings (SSSR count). The van der Waals surface area contributed by atoms with Crippen LogP contribution in [0.1, 0.15) is 46.5 Å². The van der Waals surface area contributed by atoms with E-state index in [9.17, 15) is 22.8 Å². The van der Waals surface area contributed by atoms with Gasteiger partial charge in [-0.3, -0.25) is 9.35 Å². The molecule has 0 aromatic heterocycles. The molecule has 0 fully saturated rings. The Bertz CT molecular complexity index is 698. The van der Waals surface area contributed by atoms with Crippen molar-refractivity contribution < 1.29 is 41.6 Å². The van der Waals surface area contributed by atoms with E-state index in [-0.39, 0.29) is 82.0 Å². The summed E-state index contributed by atoms with van der Waals surface area (Å²) in [5.41, 5.74) is -1.20. The molecule has 9 nitrogen and oxygen atoms in total. The molecule has 0 amide bonds. The molecule has 168 valence electrons.